The zero-order chi connectivity index (χ0) is 23.6. The molecule has 0 bridgehead atoms. The fraction of sp³-hybridized carbons (Fsp3) is 0.217. The van der Waals surface area contributed by atoms with E-state index in [2.05, 4.69) is 5.32 Å². The van der Waals surface area contributed by atoms with Crippen LogP contribution in [-0.4, -0.2) is 33.4 Å². The van der Waals surface area contributed by atoms with Gasteiger partial charge in [0, 0.05) is 22.6 Å². The Labute approximate surface area is 195 Å². The summed E-state index contributed by atoms with van der Waals surface area (Å²) in [5.41, 5.74) is 6.25. The van der Waals surface area contributed by atoms with E-state index in [1.54, 1.807) is 41.8 Å². The summed E-state index contributed by atoms with van der Waals surface area (Å²) in [7, 11) is -3.80. The second-order valence-electron chi connectivity index (χ2n) is 7.35. The molecule has 3 aromatic rings. The maximum atomic E-state index is 13.2. The Morgan fingerprint density at radius 1 is 1.15 bits per heavy atom. The summed E-state index contributed by atoms with van der Waals surface area (Å²) in [6.07, 6.45) is 0.158. The lowest BCUT2D eigenvalue weighted by molar-refractivity contribution is -0.120. The van der Waals surface area contributed by atoms with Crippen molar-refractivity contribution in [1.29, 1.82) is 0 Å². The van der Waals surface area contributed by atoms with Crippen molar-refractivity contribution in [3.05, 3.63) is 64.4 Å². The van der Waals surface area contributed by atoms with E-state index in [-0.39, 0.29) is 34.6 Å². The second-order valence-corrected chi connectivity index (χ2v) is 10.2. The van der Waals surface area contributed by atoms with E-state index in [0.29, 0.717) is 23.8 Å². The molecule has 0 fully saturated rings. The van der Waals surface area contributed by atoms with Gasteiger partial charge in [0.25, 0.3) is 5.91 Å². The van der Waals surface area contributed by atoms with Crippen molar-refractivity contribution in [2.75, 3.05) is 18.5 Å². The van der Waals surface area contributed by atoms with Gasteiger partial charge in [-0.25, -0.2) is 8.42 Å². The van der Waals surface area contributed by atoms with Gasteiger partial charge in [-0.15, -0.1) is 11.3 Å². The number of sulfone groups is 1. The van der Waals surface area contributed by atoms with Crippen LogP contribution in [0.3, 0.4) is 0 Å². The smallest absolute Gasteiger partial charge is 0.255 e. The first kappa shape index (κ1) is 22.8. The van der Waals surface area contributed by atoms with Gasteiger partial charge >= 0.3 is 0 Å². The Kier molecular flexibility index (Phi) is 6.39. The highest BCUT2D eigenvalue weighted by molar-refractivity contribution is 7.91. The van der Waals surface area contributed by atoms with Gasteiger partial charge in [0.1, 0.15) is 4.90 Å². The molecule has 2 aromatic carbocycles. The summed E-state index contributed by atoms with van der Waals surface area (Å²) in [5.74, 6) is -0.470. The molecule has 10 heteroatoms. The molecule has 33 heavy (non-hydrogen) atoms. The predicted octanol–water partition coefficient (Wildman–Crippen LogP) is 3.32. The molecule has 0 radical (unpaired) electrons. The van der Waals surface area contributed by atoms with Crippen LogP contribution in [0.25, 0.3) is 0 Å². The third kappa shape index (κ3) is 4.57. The molecule has 0 saturated heterocycles. The van der Waals surface area contributed by atoms with Gasteiger partial charge in [0.2, 0.25) is 15.7 Å². The van der Waals surface area contributed by atoms with E-state index < -0.39 is 15.7 Å². The quantitative estimate of drug-likeness (QED) is 0.503. The number of amides is 2. The molecule has 2 amide bonds. The van der Waals surface area contributed by atoms with Crippen LogP contribution in [0, 0.1) is 0 Å². The molecule has 1 unspecified atom stereocenters. The van der Waals surface area contributed by atoms with Crippen LogP contribution in [0.2, 0.25) is 0 Å². The van der Waals surface area contributed by atoms with Gasteiger partial charge in [-0.3, -0.25) is 9.59 Å². The van der Waals surface area contributed by atoms with Crippen LogP contribution in [0.15, 0.2) is 63.7 Å². The third-order valence-electron chi connectivity index (χ3n) is 5.14. The topological polar surface area (TPSA) is 125 Å². The number of benzene rings is 2. The standard InChI is InChI=1S/C23H22N2O6S2/c1-2-30-18-10-14(8-9-17(18)31-12-20(24)26)16-11-21(27)25-22-19(13-32-23(16)22)33(28,29)15-6-4-3-5-7-15/h3-10,13,16H,2,11-12H2,1H3,(H2,24,26)(H,25,27). The fourth-order valence-electron chi connectivity index (χ4n) is 3.68. The van der Waals surface area contributed by atoms with Crippen molar-refractivity contribution < 1.29 is 27.5 Å². The van der Waals surface area contributed by atoms with Crippen molar-refractivity contribution in [2.24, 2.45) is 5.73 Å². The zero-order valence-electron chi connectivity index (χ0n) is 17.7. The zero-order valence-corrected chi connectivity index (χ0v) is 19.4. The van der Waals surface area contributed by atoms with Crippen molar-refractivity contribution in [2.45, 2.75) is 29.1 Å². The van der Waals surface area contributed by atoms with E-state index in [1.807, 2.05) is 6.92 Å². The third-order valence-corrected chi connectivity index (χ3v) is 8.18. The molecule has 0 spiro atoms. The average molecular weight is 487 g/mol. The monoisotopic (exact) mass is 486 g/mol. The minimum Gasteiger partial charge on any atom is -0.490 e. The van der Waals surface area contributed by atoms with E-state index in [4.69, 9.17) is 15.2 Å². The average Bonchev–Trinajstić information content (AvgIpc) is 3.23. The summed E-state index contributed by atoms with van der Waals surface area (Å²) in [6.45, 7) is 1.89. The number of hydrogen-bond acceptors (Lipinski definition) is 7. The Balaban J connectivity index is 1.74. The van der Waals surface area contributed by atoms with Crippen LogP contribution in [0.5, 0.6) is 11.5 Å². The Hall–Kier alpha value is -3.37. The van der Waals surface area contributed by atoms with Crippen LogP contribution in [-0.2, 0) is 19.4 Å². The van der Waals surface area contributed by atoms with E-state index in [9.17, 15) is 18.0 Å². The van der Waals surface area contributed by atoms with Gasteiger partial charge in [-0.05, 0) is 36.8 Å². The fourth-order valence-corrected chi connectivity index (χ4v) is 6.60. The summed E-state index contributed by atoms with van der Waals surface area (Å²) < 4.78 is 37.5. The number of ether oxygens (including phenoxy) is 2. The lowest BCUT2D eigenvalue weighted by Gasteiger charge is -2.24. The number of rotatable bonds is 8. The molecule has 2 heterocycles. The Morgan fingerprint density at radius 3 is 2.61 bits per heavy atom. The number of carbonyl (C=O) groups excluding carboxylic acids is 2. The van der Waals surface area contributed by atoms with Crippen LogP contribution in [0.1, 0.15) is 29.7 Å². The molecule has 1 aliphatic heterocycles. The van der Waals surface area contributed by atoms with Gasteiger partial charge in [0.15, 0.2) is 18.1 Å². The van der Waals surface area contributed by atoms with Gasteiger partial charge < -0.3 is 20.5 Å². The molecule has 1 aliphatic rings. The maximum absolute atomic E-state index is 13.2. The van der Waals surface area contributed by atoms with Crippen molar-refractivity contribution >= 4 is 38.7 Å². The summed E-state index contributed by atoms with van der Waals surface area (Å²) in [4.78, 5) is 24.6. The van der Waals surface area contributed by atoms with Crippen molar-refractivity contribution in [3.8, 4) is 11.5 Å². The summed E-state index contributed by atoms with van der Waals surface area (Å²) >= 11 is 1.29. The first-order chi connectivity index (χ1) is 15.8. The SMILES string of the molecule is CCOc1cc(C2CC(=O)Nc3c(S(=O)(=O)c4ccccc4)csc32)ccc1OCC(N)=O. The first-order valence-electron chi connectivity index (χ1n) is 10.2. The van der Waals surface area contributed by atoms with Gasteiger partial charge in [-0.1, -0.05) is 24.3 Å². The van der Waals surface area contributed by atoms with Crippen LogP contribution < -0.4 is 20.5 Å². The lowest BCUT2D eigenvalue weighted by Crippen LogP contribution is -2.23. The minimum atomic E-state index is -3.80. The van der Waals surface area contributed by atoms with Crippen molar-refractivity contribution in [1.82, 2.24) is 0 Å². The number of nitrogens with one attached hydrogen (secondary N) is 1. The number of hydrogen-bond donors (Lipinski definition) is 2. The largest absolute Gasteiger partial charge is 0.490 e. The number of primary amides is 1. The first-order valence-corrected chi connectivity index (χ1v) is 12.6. The summed E-state index contributed by atoms with van der Waals surface area (Å²) in [6, 6.07) is 13.3. The number of carbonyl (C=O) groups is 2. The molecule has 8 nitrogen and oxygen atoms in total. The Morgan fingerprint density at radius 2 is 1.91 bits per heavy atom. The van der Waals surface area contributed by atoms with Crippen molar-refractivity contribution in [3.63, 3.8) is 0 Å². The lowest BCUT2D eigenvalue weighted by atomic mass is 9.90. The van der Waals surface area contributed by atoms with E-state index in [1.165, 1.54) is 23.5 Å². The highest BCUT2D eigenvalue weighted by Gasteiger charge is 2.34. The molecule has 4 rings (SSSR count). The molecule has 0 saturated carbocycles. The number of nitrogens with two attached hydrogens (primary N) is 1. The molecular weight excluding hydrogens is 464 g/mol. The number of anilines is 1. The summed E-state index contributed by atoms with van der Waals surface area (Å²) in [5, 5.41) is 4.32. The molecule has 0 aliphatic carbocycles. The minimum absolute atomic E-state index is 0.0817. The highest BCUT2D eigenvalue weighted by Crippen LogP contribution is 2.47. The van der Waals surface area contributed by atoms with Gasteiger partial charge in [-0.2, -0.15) is 0 Å². The van der Waals surface area contributed by atoms with Crippen LogP contribution in [0.4, 0.5) is 5.69 Å². The van der Waals surface area contributed by atoms with E-state index in [0.717, 1.165) is 10.4 Å². The maximum Gasteiger partial charge on any atom is 0.255 e. The normalized spacial score (nSPS) is 15.4. The van der Waals surface area contributed by atoms with Gasteiger partial charge in [0.05, 0.1) is 17.2 Å². The number of fused-ring (bicyclic) bond motifs is 1. The molecule has 1 atom stereocenters. The molecule has 172 valence electrons. The highest BCUT2D eigenvalue weighted by atomic mass is 32.2. The van der Waals surface area contributed by atoms with E-state index >= 15 is 0 Å². The Bertz CT molecular complexity index is 1300. The van der Waals surface area contributed by atoms with Crippen LogP contribution >= 0.6 is 11.3 Å². The number of thiophene rings is 1. The molecule has 1 aromatic heterocycles. The molecule has 3 N–H and O–H groups in total. The predicted molar refractivity (Wildman–Crippen MR) is 124 cm³/mol. The second kappa shape index (κ2) is 9.24. The molecular formula is C23H22N2O6S2.